The van der Waals surface area contributed by atoms with E-state index in [2.05, 4.69) is 4.98 Å². The van der Waals surface area contributed by atoms with Gasteiger partial charge in [0, 0.05) is 39.3 Å². The van der Waals surface area contributed by atoms with Crippen LogP contribution in [0.15, 0.2) is 34.2 Å². The van der Waals surface area contributed by atoms with Crippen LogP contribution in [0.25, 0.3) is 10.9 Å². The number of para-hydroxylation sites is 1. The van der Waals surface area contributed by atoms with Crippen molar-refractivity contribution in [2.45, 2.75) is 52.1 Å². The molecule has 0 fully saturated rings. The van der Waals surface area contributed by atoms with Crippen LogP contribution in [0.1, 0.15) is 34.1 Å². The van der Waals surface area contributed by atoms with Crippen molar-refractivity contribution in [2.75, 3.05) is 32.1 Å². The average molecular weight is 422 g/mol. The van der Waals surface area contributed by atoms with Gasteiger partial charge in [0.25, 0.3) is 5.56 Å². The highest BCUT2D eigenvalue weighted by Gasteiger charge is 2.17. The summed E-state index contributed by atoms with van der Waals surface area (Å²) in [5.41, 5.74) is 0.526. The van der Waals surface area contributed by atoms with Gasteiger partial charge in [-0.15, -0.1) is 0 Å². The Morgan fingerprint density at radius 3 is 2.41 bits per heavy atom. The first-order valence-corrected chi connectivity index (χ1v) is 11.2. The minimum Gasteiger partial charge on any atom is -0.353 e. The van der Waals surface area contributed by atoms with E-state index in [9.17, 15) is 9.59 Å². The number of amides is 1. The Labute approximate surface area is 176 Å². The van der Waals surface area contributed by atoms with Crippen molar-refractivity contribution in [3.8, 4) is 0 Å². The highest BCUT2D eigenvalue weighted by atomic mass is 32.2. The molecule has 0 aliphatic rings. The summed E-state index contributed by atoms with van der Waals surface area (Å²) in [6.45, 7) is 10.5. The Hall–Kier alpha value is -1.90. The van der Waals surface area contributed by atoms with E-state index in [1.807, 2.05) is 45.9 Å². The molecule has 0 aliphatic carbocycles. The van der Waals surface area contributed by atoms with Crippen molar-refractivity contribution >= 4 is 28.6 Å². The molecule has 0 saturated heterocycles. The second kappa shape index (κ2) is 11.9. The Morgan fingerprint density at radius 2 is 1.79 bits per heavy atom. The van der Waals surface area contributed by atoms with E-state index in [-0.39, 0.29) is 23.5 Å². The number of aromatic nitrogens is 2. The molecule has 2 aromatic rings. The van der Waals surface area contributed by atoms with Crippen molar-refractivity contribution in [1.82, 2.24) is 14.5 Å². The van der Waals surface area contributed by atoms with Gasteiger partial charge in [-0.3, -0.25) is 14.2 Å². The van der Waals surface area contributed by atoms with Gasteiger partial charge in [-0.05, 0) is 39.8 Å². The second-order valence-electron chi connectivity index (χ2n) is 6.35. The Kier molecular flexibility index (Phi) is 9.63. The number of benzene rings is 1. The molecule has 1 aromatic carbocycles. The smallest absolute Gasteiger partial charge is 0.262 e. The molecule has 0 radical (unpaired) electrons. The molecule has 0 spiro atoms. The minimum atomic E-state index is -0.376. The summed E-state index contributed by atoms with van der Waals surface area (Å²) in [5.74, 6) is 0.280. The summed E-state index contributed by atoms with van der Waals surface area (Å²) in [5, 5.41) is 1.11. The van der Waals surface area contributed by atoms with Crippen LogP contribution in [0.5, 0.6) is 0 Å². The lowest BCUT2D eigenvalue weighted by Crippen LogP contribution is -2.32. The van der Waals surface area contributed by atoms with Gasteiger partial charge in [-0.1, -0.05) is 23.9 Å². The van der Waals surface area contributed by atoms with E-state index in [4.69, 9.17) is 9.47 Å². The van der Waals surface area contributed by atoms with Crippen LogP contribution in [0.3, 0.4) is 0 Å². The molecule has 8 heteroatoms. The van der Waals surface area contributed by atoms with Crippen LogP contribution >= 0.6 is 11.8 Å². The van der Waals surface area contributed by atoms with Gasteiger partial charge >= 0.3 is 0 Å². The predicted octanol–water partition coefficient (Wildman–Crippen LogP) is 3.15. The van der Waals surface area contributed by atoms with E-state index in [0.717, 1.165) is 0 Å². The lowest BCUT2D eigenvalue weighted by atomic mass is 10.2. The average Bonchev–Trinajstić information content (AvgIpc) is 2.73. The Bertz CT molecular complexity index is 845. The van der Waals surface area contributed by atoms with Crippen LogP contribution in [0, 0.1) is 0 Å². The maximum atomic E-state index is 13.1. The molecule has 0 unspecified atom stereocenters. The van der Waals surface area contributed by atoms with Gasteiger partial charge < -0.3 is 14.4 Å². The van der Waals surface area contributed by atoms with Crippen molar-refractivity contribution < 1.29 is 14.3 Å². The SMILES string of the molecule is CCOC(CCn1c(SCC(=O)N(CC)CC)nc2ccccc2c1=O)OCC. The second-order valence-corrected chi connectivity index (χ2v) is 7.29. The maximum Gasteiger partial charge on any atom is 0.262 e. The fraction of sp³-hybridized carbons (Fsp3) is 0.571. The molecule has 0 aliphatic heterocycles. The van der Waals surface area contributed by atoms with Crippen LogP contribution in [-0.4, -0.2) is 58.7 Å². The molecule has 0 saturated carbocycles. The molecule has 0 N–H and O–H groups in total. The zero-order chi connectivity index (χ0) is 21.2. The third-order valence-corrected chi connectivity index (χ3v) is 5.52. The van der Waals surface area contributed by atoms with Crippen LogP contribution in [0.2, 0.25) is 0 Å². The van der Waals surface area contributed by atoms with Crippen molar-refractivity contribution in [1.29, 1.82) is 0 Å². The van der Waals surface area contributed by atoms with Crippen LogP contribution in [-0.2, 0) is 20.8 Å². The van der Waals surface area contributed by atoms with Gasteiger partial charge in [-0.25, -0.2) is 4.98 Å². The Balaban J connectivity index is 2.30. The van der Waals surface area contributed by atoms with E-state index < -0.39 is 0 Å². The fourth-order valence-corrected chi connectivity index (χ4v) is 4.00. The van der Waals surface area contributed by atoms with Crippen molar-refractivity contribution in [3.63, 3.8) is 0 Å². The molecule has 2 rings (SSSR count). The van der Waals surface area contributed by atoms with Gasteiger partial charge in [0.05, 0.1) is 16.7 Å². The topological polar surface area (TPSA) is 73.7 Å². The number of carbonyl (C=O) groups is 1. The summed E-state index contributed by atoms with van der Waals surface area (Å²) in [4.78, 5) is 32.0. The summed E-state index contributed by atoms with van der Waals surface area (Å²) in [6.07, 6.45) is 0.151. The molecule has 1 heterocycles. The normalized spacial score (nSPS) is 11.3. The van der Waals surface area contributed by atoms with E-state index in [1.165, 1.54) is 11.8 Å². The number of ether oxygens (including phenoxy) is 2. The predicted molar refractivity (Wildman–Crippen MR) is 116 cm³/mol. The lowest BCUT2D eigenvalue weighted by molar-refractivity contribution is -0.141. The first-order chi connectivity index (χ1) is 14.0. The summed E-state index contributed by atoms with van der Waals surface area (Å²) in [6, 6.07) is 7.28. The van der Waals surface area contributed by atoms with E-state index in [1.54, 1.807) is 15.5 Å². The summed E-state index contributed by atoms with van der Waals surface area (Å²) < 4.78 is 12.8. The number of hydrogen-bond acceptors (Lipinski definition) is 6. The quantitative estimate of drug-likeness (QED) is 0.298. The number of hydrogen-bond donors (Lipinski definition) is 0. The standard InChI is InChI=1S/C21H31N3O4S/c1-5-23(6-2)18(25)15-29-21-22-17-12-10-9-11-16(17)20(26)24(21)14-13-19(27-7-3)28-8-4/h9-12,19H,5-8,13-15H2,1-4H3. The summed E-state index contributed by atoms with van der Waals surface area (Å²) in [7, 11) is 0. The lowest BCUT2D eigenvalue weighted by Gasteiger charge is -2.20. The molecule has 1 amide bonds. The molecule has 0 atom stereocenters. The first-order valence-electron chi connectivity index (χ1n) is 10.2. The molecule has 160 valence electrons. The molecule has 0 bridgehead atoms. The van der Waals surface area contributed by atoms with E-state index >= 15 is 0 Å². The zero-order valence-electron chi connectivity index (χ0n) is 17.7. The van der Waals surface area contributed by atoms with Crippen molar-refractivity contribution in [3.05, 3.63) is 34.6 Å². The third kappa shape index (κ3) is 6.29. The monoisotopic (exact) mass is 421 g/mol. The van der Waals surface area contributed by atoms with Gasteiger partial charge in [0.15, 0.2) is 11.4 Å². The molecule has 29 heavy (non-hydrogen) atoms. The molecule has 1 aromatic heterocycles. The van der Waals surface area contributed by atoms with E-state index in [0.29, 0.717) is 55.3 Å². The van der Waals surface area contributed by atoms with Gasteiger partial charge in [-0.2, -0.15) is 0 Å². The number of thioether (sulfide) groups is 1. The number of fused-ring (bicyclic) bond motifs is 1. The Morgan fingerprint density at radius 1 is 1.14 bits per heavy atom. The molecule has 7 nitrogen and oxygen atoms in total. The van der Waals surface area contributed by atoms with Crippen LogP contribution < -0.4 is 5.56 Å². The van der Waals surface area contributed by atoms with Crippen LogP contribution in [0.4, 0.5) is 0 Å². The number of rotatable bonds is 12. The first kappa shape index (κ1) is 23.4. The highest BCUT2D eigenvalue weighted by molar-refractivity contribution is 7.99. The van der Waals surface area contributed by atoms with Gasteiger partial charge in [0.1, 0.15) is 0 Å². The molecular formula is C21H31N3O4S. The third-order valence-electron chi connectivity index (χ3n) is 4.56. The number of nitrogens with zero attached hydrogens (tertiary/aromatic N) is 3. The molecular weight excluding hydrogens is 390 g/mol. The maximum absolute atomic E-state index is 13.1. The largest absolute Gasteiger partial charge is 0.353 e. The fourth-order valence-electron chi connectivity index (χ4n) is 3.07. The van der Waals surface area contributed by atoms with Crippen molar-refractivity contribution in [2.24, 2.45) is 0 Å². The highest BCUT2D eigenvalue weighted by Crippen LogP contribution is 2.19. The summed E-state index contributed by atoms with van der Waals surface area (Å²) >= 11 is 1.30. The minimum absolute atomic E-state index is 0.0375. The van der Waals surface area contributed by atoms with Gasteiger partial charge in [0.2, 0.25) is 5.91 Å². The number of carbonyl (C=O) groups excluding carboxylic acids is 1. The zero-order valence-corrected chi connectivity index (χ0v) is 18.5.